The lowest BCUT2D eigenvalue weighted by Crippen LogP contribution is -2.31. The van der Waals surface area contributed by atoms with Crippen LogP contribution in [0.2, 0.25) is 0 Å². The molecule has 4 nitrogen and oxygen atoms in total. The van der Waals surface area contributed by atoms with Crippen LogP contribution in [0.3, 0.4) is 0 Å². The highest BCUT2D eigenvalue weighted by molar-refractivity contribution is 5.95. The lowest BCUT2D eigenvalue weighted by atomic mass is 10.1. The molecule has 0 aromatic heterocycles. The largest absolute Gasteiger partial charge is 0.495 e. The van der Waals surface area contributed by atoms with Crippen LogP contribution in [-0.4, -0.2) is 19.1 Å². The van der Waals surface area contributed by atoms with Gasteiger partial charge < -0.3 is 15.8 Å². The van der Waals surface area contributed by atoms with Gasteiger partial charge in [0.25, 0.3) is 5.91 Å². The molecule has 0 bridgehead atoms. The van der Waals surface area contributed by atoms with E-state index in [1.54, 1.807) is 25.1 Å². The number of anilines is 1. The van der Waals surface area contributed by atoms with E-state index in [-0.39, 0.29) is 11.9 Å². The number of carbonyl (C=O) groups excluding carboxylic acids is 1. The summed E-state index contributed by atoms with van der Waals surface area (Å²) in [6.07, 6.45) is 5.16. The average Bonchev–Trinajstić information content (AvgIpc) is 2.28. The molecule has 0 aliphatic carbocycles. The molecule has 0 aliphatic rings. The first kappa shape index (κ1) is 11.9. The van der Waals surface area contributed by atoms with Crippen molar-refractivity contribution >= 4 is 11.6 Å². The molecule has 3 N–H and O–H groups in total. The summed E-state index contributed by atoms with van der Waals surface area (Å²) in [4.78, 5) is 11.7. The number of nitrogens with two attached hydrogens (primary N) is 1. The van der Waals surface area contributed by atoms with Crippen molar-refractivity contribution in [3.8, 4) is 18.1 Å². The number of rotatable bonds is 3. The number of terminal acetylenes is 1. The van der Waals surface area contributed by atoms with Crippen molar-refractivity contribution in [3.05, 3.63) is 23.8 Å². The molecule has 1 atom stereocenters. The Labute approximate surface area is 94.8 Å². The van der Waals surface area contributed by atoms with Crippen LogP contribution < -0.4 is 15.8 Å². The van der Waals surface area contributed by atoms with Crippen LogP contribution in [-0.2, 0) is 0 Å². The summed E-state index contributed by atoms with van der Waals surface area (Å²) >= 11 is 0. The second-order valence-corrected chi connectivity index (χ2v) is 3.32. The molecule has 1 amide bonds. The molecule has 0 saturated heterocycles. The van der Waals surface area contributed by atoms with Gasteiger partial charge in [0.2, 0.25) is 0 Å². The van der Waals surface area contributed by atoms with Gasteiger partial charge in [0, 0.05) is 5.56 Å². The molecular formula is C12H14N2O2. The van der Waals surface area contributed by atoms with Gasteiger partial charge in [-0.2, -0.15) is 0 Å². The number of nitrogen functional groups attached to an aromatic ring is 1. The third-order valence-electron chi connectivity index (χ3n) is 2.09. The van der Waals surface area contributed by atoms with E-state index in [4.69, 9.17) is 16.9 Å². The number of benzene rings is 1. The second-order valence-electron chi connectivity index (χ2n) is 3.32. The number of ether oxygens (including phenoxy) is 1. The van der Waals surface area contributed by atoms with Gasteiger partial charge in [0.1, 0.15) is 5.75 Å². The highest BCUT2D eigenvalue weighted by Crippen LogP contribution is 2.21. The molecule has 0 spiro atoms. The maximum Gasteiger partial charge on any atom is 0.252 e. The zero-order valence-electron chi connectivity index (χ0n) is 9.28. The minimum atomic E-state index is -0.309. The van der Waals surface area contributed by atoms with Crippen molar-refractivity contribution in [1.82, 2.24) is 5.32 Å². The molecule has 16 heavy (non-hydrogen) atoms. The van der Waals surface area contributed by atoms with Crippen LogP contribution in [0.15, 0.2) is 18.2 Å². The Balaban J connectivity index is 2.86. The summed E-state index contributed by atoms with van der Waals surface area (Å²) in [6, 6.07) is 4.52. The highest BCUT2D eigenvalue weighted by atomic mass is 16.5. The Morgan fingerprint density at radius 1 is 1.62 bits per heavy atom. The van der Waals surface area contributed by atoms with E-state index < -0.39 is 0 Å². The fourth-order valence-corrected chi connectivity index (χ4v) is 1.20. The molecule has 84 valence electrons. The standard InChI is InChI=1S/C12H14N2O2/c1-4-8(2)14-12(15)9-5-6-11(16-3)10(13)7-9/h1,5-8H,13H2,2-3H3,(H,14,15). The fourth-order valence-electron chi connectivity index (χ4n) is 1.20. The summed E-state index contributed by atoms with van der Waals surface area (Å²) in [7, 11) is 1.52. The topological polar surface area (TPSA) is 64.3 Å². The first-order valence-corrected chi connectivity index (χ1v) is 4.79. The monoisotopic (exact) mass is 218 g/mol. The van der Waals surface area contributed by atoms with Crippen molar-refractivity contribution in [1.29, 1.82) is 0 Å². The van der Waals surface area contributed by atoms with Crippen LogP contribution in [0.5, 0.6) is 5.75 Å². The van der Waals surface area contributed by atoms with Crippen LogP contribution in [0.25, 0.3) is 0 Å². The van der Waals surface area contributed by atoms with Gasteiger partial charge in [-0.15, -0.1) is 6.42 Å². The van der Waals surface area contributed by atoms with Gasteiger partial charge in [0.05, 0.1) is 18.8 Å². The zero-order valence-corrected chi connectivity index (χ0v) is 9.28. The number of nitrogens with one attached hydrogen (secondary N) is 1. The van der Waals surface area contributed by atoms with Crippen LogP contribution in [0.4, 0.5) is 5.69 Å². The van der Waals surface area contributed by atoms with Crippen molar-refractivity contribution in [2.75, 3.05) is 12.8 Å². The maximum absolute atomic E-state index is 11.7. The van der Waals surface area contributed by atoms with Crippen molar-refractivity contribution in [2.45, 2.75) is 13.0 Å². The molecule has 1 unspecified atom stereocenters. The molecule has 0 fully saturated rings. The second kappa shape index (κ2) is 5.08. The Morgan fingerprint density at radius 3 is 2.81 bits per heavy atom. The van der Waals surface area contributed by atoms with Crippen molar-refractivity contribution in [2.24, 2.45) is 0 Å². The van der Waals surface area contributed by atoms with Gasteiger partial charge in [-0.3, -0.25) is 4.79 Å². The van der Waals surface area contributed by atoms with E-state index in [1.807, 2.05) is 0 Å². The smallest absolute Gasteiger partial charge is 0.252 e. The molecule has 0 heterocycles. The molecular weight excluding hydrogens is 204 g/mol. The number of carbonyl (C=O) groups is 1. The van der Waals surface area contributed by atoms with Gasteiger partial charge in [0.15, 0.2) is 0 Å². The fraction of sp³-hybridized carbons (Fsp3) is 0.250. The summed E-state index contributed by atoms with van der Waals surface area (Å²) in [5, 5.41) is 2.64. The van der Waals surface area contributed by atoms with E-state index in [1.165, 1.54) is 7.11 Å². The highest BCUT2D eigenvalue weighted by Gasteiger charge is 2.09. The number of methoxy groups -OCH3 is 1. The van der Waals surface area contributed by atoms with E-state index in [9.17, 15) is 4.79 Å². The molecule has 4 heteroatoms. The number of amides is 1. The first-order chi connectivity index (χ1) is 7.58. The molecule has 0 radical (unpaired) electrons. The van der Waals surface area contributed by atoms with E-state index >= 15 is 0 Å². The lowest BCUT2D eigenvalue weighted by Gasteiger charge is -2.09. The van der Waals surface area contributed by atoms with Crippen LogP contribution in [0.1, 0.15) is 17.3 Å². The summed E-state index contributed by atoms with van der Waals surface area (Å²) in [6.45, 7) is 1.73. The van der Waals surface area contributed by atoms with Gasteiger partial charge in [-0.05, 0) is 25.1 Å². The van der Waals surface area contributed by atoms with Gasteiger partial charge in [-0.25, -0.2) is 0 Å². The van der Waals surface area contributed by atoms with Gasteiger partial charge >= 0.3 is 0 Å². The normalized spacial score (nSPS) is 11.3. The van der Waals surface area contributed by atoms with E-state index in [0.29, 0.717) is 17.0 Å². The van der Waals surface area contributed by atoms with Crippen molar-refractivity contribution < 1.29 is 9.53 Å². The molecule has 1 aromatic carbocycles. The predicted octanol–water partition coefficient (Wildman–Crippen LogP) is 1.03. The average molecular weight is 218 g/mol. The third kappa shape index (κ3) is 2.67. The lowest BCUT2D eigenvalue weighted by molar-refractivity contribution is 0.0948. The van der Waals surface area contributed by atoms with E-state index in [0.717, 1.165) is 0 Å². The quantitative estimate of drug-likeness (QED) is 0.588. The minimum absolute atomic E-state index is 0.250. The van der Waals surface area contributed by atoms with Crippen molar-refractivity contribution in [3.63, 3.8) is 0 Å². The third-order valence-corrected chi connectivity index (χ3v) is 2.09. The SMILES string of the molecule is C#CC(C)NC(=O)c1ccc(OC)c(N)c1. The Bertz CT molecular complexity index is 435. The molecule has 0 saturated carbocycles. The van der Waals surface area contributed by atoms with Crippen LogP contribution in [0, 0.1) is 12.3 Å². The number of hydrogen-bond donors (Lipinski definition) is 2. The summed E-state index contributed by atoms with van der Waals surface area (Å²) < 4.78 is 4.99. The minimum Gasteiger partial charge on any atom is -0.495 e. The molecule has 0 aliphatic heterocycles. The molecule has 1 aromatic rings. The van der Waals surface area contributed by atoms with Gasteiger partial charge in [-0.1, -0.05) is 5.92 Å². The predicted molar refractivity (Wildman–Crippen MR) is 63.2 cm³/mol. The maximum atomic E-state index is 11.7. The number of hydrogen-bond acceptors (Lipinski definition) is 3. The van der Waals surface area contributed by atoms with Crippen LogP contribution >= 0.6 is 0 Å². The summed E-state index contributed by atoms with van der Waals surface area (Å²) in [5.74, 6) is 2.71. The zero-order chi connectivity index (χ0) is 12.1. The Hall–Kier alpha value is -2.15. The molecule has 1 rings (SSSR count). The first-order valence-electron chi connectivity index (χ1n) is 4.79. The Morgan fingerprint density at radius 2 is 2.31 bits per heavy atom. The van der Waals surface area contributed by atoms with E-state index in [2.05, 4.69) is 11.2 Å². The Kier molecular flexibility index (Phi) is 3.78. The summed E-state index contributed by atoms with van der Waals surface area (Å²) in [5.41, 5.74) is 6.57.